The summed E-state index contributed by atoms with van der Waals surface area (Å²) in [5.74, 6) is -0.268. The highest BCUT2D eigenvalue weighted by molar-refractivity contribution is 5.76. The number of nitrogens with zero attached hydrogens (tertiary/aromatic N) is 5. The van der Waals surface area contributed by atoms with E-state index in [4.69, 9.17) is 0 Å². The molecule has 1 N–H and O–H groups in total. The SMILES string of the molecule is Cc1cc(=O)n(CC(=O)N[C@H](C)c2ccc(-n3cncn3)cc2)nc1C. The number of hydrogen-bond acceptors (Lipinski definition) is 5. The molecule has 0 aliphatic carbocycles. The summed E-state index contributed by atoms with van der Waals surface area (Å²) in [5, 5.41) is 11.1. The van der Waals surface area contributed by atoms with Crippen LogP contribution in [0.25, 0.3) is 5.69 Å². The van der Waals surface area contributed by atoms with Crippen LogP contribution >= 0.6 is 0 Å². The number of amides is 1. The Morgan fingerprint density at radius 2 is 1.96 bits per heavy atom. The number of rotatable bonds is 5. The third-order valence-corrected chi connectivity index (χ3v) is 4.18. The number of hydrogen-bond donors (Lipinski definition) is 1. The first-order valence-corrected chi connectivity index (χ1v) is 8.24. The van der Waals surface area contributed by atoms with Gasteiger partial charge in [0.05, 0.1) is 17.4 Å². The van der Waals surface area contributed by atoms with Crippen LogP contribution in [0.4, 0.5) is 0 Å². The monoisotopic (exact) mass is 352 g/mol. The van der Waals surface area contributed by atoms with E-state index in [9.17, 15) is 9.59 Å². The van der Waals surface area contributed by atoms with Gasteiger partial charge in [0.25, 0.3) is 5.56 Å². The zero-order chi connectivity index (χ0) is 18.7. The van der Waals surface area contributed by atoms with Crippen LogP contribution in [0.1, 0.15) is 29.8 Å². The molecule has 3 rings (SSSR count). The van der Waals surface area contributed by atoms with Crippen LogP contribution in [0.15, 0.2) is 47.8 Å². The molecule has 0 aliphatic rings. The lowest BCUT2D eigenvalue weighted by Crippen LogP contribution is -2.35. The minimum atomic E-state index is -0.284. The Kier molecular flexibility index (Phi) is 4.92. The molecule has 0 spiro atoms. The maximum absolute atomic E-state index is 12.3. The van der Waals surface area contributed by atoms with Crippen molar-refractivity contribution >= 4 is 5.91 Å². The van der Waals surface area contributed by atoms with Crippen molar-refractivity contribution in [3.05, 3.63) is 70.2 Å². The van der Waals surface area contributed by atoms with Crippen LogP contribution in [0.2, 0.25) is 0 Å². The zero-order valence-corrected chi connectivity index (χ0v) is 14.9. The second kappa shape index (κ2) is 7.30. The molecule has 1 aromatic carbocycles. The van der Waals surface area contributed by atoms with Gasteiger partial charge in [-0.15, -0.1) is 0 Å². The fraction of sp³-hybridized carbons (Fsp3) is 0.278. The van der Waals surface area contributed by atoms with Crippen LogP contribution in [-0.4, -0.2) is 30.5 Å². The van der Waals surface area contributed by atoms with Gasteiger partial charge >= 0.3 is 0 Å². The number of benzene rings is 1. The van der Waals surface area contributed by atoms with E-state index in [0.717, 1.165) is 22.5 Å². The number of carbonyl (C=O) groups excluding carboxylic acids is 1. The van der Waals surface area contributed by atoms with Gasteiger partial charge in [-0.25, -0.2) is 14.3 Å². The molecule has 134 valence electrons. The molecule has 0 saturated carbocycles. The zero-order valence-electron chi connectivity index (χ0n) is 14.9. The molecule has 8 heteroatoms. The summed E-state index contributed by atoms with van der Waals surface area (Å²) in [7, 11) is 0. The van der Waals surface area contributed by atoms with Gasteiger partial charge in [-0.1, -0.05) is 12.1 Å². The lowest BCUT2D eigenvalue weighted by molar-refractivity contribution is -0.122. The van der Waals surface area contributed by atoms with E-state index in [0.29, 0.717) is 0 Å². The maximum Gasteiger partial charge on any atom is 0.267 e. The Morgan fingerprint density at radius 1 is 1.23 bits per heavy atom. The van der Waals surface area contributed by atoms with Gasteiger partial charge in [0, 0.05) is 6.07 Å². The molecular weight excluding hydrogens is 332 g/mol. The van der Waals surface area contributed by atoms with Crippen molar-refractivity contribution in [1.29, 1.82) is 0 Å². The van der Waals surface area contributed by atoms with E-state index >= 15 is 0 Å². The van der Waals surface area contributed by atoms with Gasteiger partial charge in [0.1, 0.15) is 19.2 Å². The Labute approximate surface area is 150 Å². The highest BCUT2D eigenvalue weighted by Gasteiger charge is 2.12. The topological polar surface area (TPSA) is 94.7 Å². The minimum Gasteiger partial charge on any atom is -0.348 e. The van der Waals surface area contributed by atoms with Crippen molar-refractivity contribution in [2.75, 3.05) is 0 Å². The molecule has 1 atom stereocenters. The van der Waals surface area contributed by atoms with E-state index in [1.807, 2.05) is 45.0 Å². The predicted octanol–water partition coefficient (Wildman–Crippen LogP) is 1.32. The molecule has 8 nitrogen and oxygen atoms in total. The van der Waals surface area contributed by atoms with Gasteiger partial charge in [-0.05, 0) is 44.0 Å². The first-order valence-electron chi connectivity index (χ1n) is 8.24. The van der Waals surface area contributed by atoms with Crippen LogP contribution in [0.3, 0.4) is 0 Å². The number of aryl methyl sites for hydroxylation is 2. The second-order valence-corrected chi connectivity index (χ2v) is 6.13. The Morgan fingerprint density at radius 3 is 2.62 bits per heavy atom. The Bertz CT molecular complexity index is 960. The standard InChI is InChI=1S/C18H20N6O2/c1-12-8-18(26)23(22-13(12)2)9-17(25)21-14(3)15-4-6-16(7-5-15)24-11-19-10-20-24/h4-8,10-11,14H,9H2,1-3H3,(H,21,25)/t14-/m1/s1. The first-order chi connectivity index (χ1) is 12.4. The lowest BCUT2D eigenvalue weighted by Gasteiger charge is -2.15. The molecule has 0 radical (unpaired) electrons. The van der Waals surface area contributed by atoms with Gasteiger partial charge in [-0.2, -0.15) is 10.2 Å². The summed E-state index contributed by atoms with van der Waals surface area (Å²) in [6.07, 6.45) is 3.09. The lowest BCUT2D eigenvalue weighted by atomic mass is 10.1. The molecule has 2 aromatic heterocycles. The first kappa shape index (κ1) is 17.5. The minimum absolute atomic E-state index is 0.110. The molecule has 0 unspecified atom stereocenters. The van der Waals surface area contributed by atoms with E-state index in [1.165, 1.54) is 17.1 Å². The fourth-order valence-electron chi connectivity index (χ4n) is 2.55. The van der Waals surface area contributed by atoms with Crippen LogP contribution in [0.5, 0.6) is 0 Å². The summed E-state index contributed by atoms with van der Waals surface area (Å²) >= 11 is 0. The predicted molar refractivity (Wildman–Crippen MR) is 95.9 cm³/mol. The van der Waals surface area contributed by atoms with Crippen molar-refractivity contribution in [2.24, 2.45) is 0 Å². The van der Waals surface area contributed by atoms with Crippen molar-refractivity contribution in [3.8, 4) is 5.69 Å². The van der Waals surface area contributed by atoms with Crippen molar-refractivity contribution in [3.63, 3.8) is 0 Å². The van der Waals surface area contributed by atoms with Crippen molar-refractivity contribution in [2.45, 2.75) is 33.4 Å². The normalized spacial score (nSPS) is 12.0. The molecule has 3 aromatic rings. The van der Waals surface area contributed by atoms with Crippen molar-refractivity contribution < 1.29 is 4.79 Å². The van der Waals surface area contributed by atoms with Gasteiger partial charge in [0.2, 0.25) is 5.91 Å². The highest BCUT2D eigenvalue weighted by Crippen LogP contribution is 2.15. The average Bonchev–Trinajstić information content (AvgIpc) is 3.14. The maximum atomic E-state index is 12.3. The molecule has 0 aliphatic heterocycles. The van der Waals surface area contributed by atoms with Crippen LogP contribution in [0, 0.1) is 13.8 Å². The summed E-state index contributed by atoms with van der Waals surface area (Å²) in [6.45, 7) is 5.40. The summed E-state index contributed by atoms with van der Waals surface area (Å²) in [4.78, 5) is 28.1. The smallest absolute Gasteiger partial charge is 0.267 e. The second-order valence-electron chi connectivity index (χ2n) is 6.13. The molecule has 0 fully saturated rings. The Balaban J connectivity index is 1.66. The third-order valence-electron chi connectivity index (χ3n) is 4.18. The molecule has 0 bridgehead atoms. The highest BCUT2D eigenvalue weighted by atomic mass is 16.2. The summed E-state index contributed by atoms with van der Waals surface area (Å²) < 4.78 is 2.84. The molecule has 0 saturated heterocycles. The van der Waals surface area contributed by atoms with E-state index < -0.39 is 0 Å². The summed E-state index contributed by atoms with van der Waals surface area (Å²) in [6, 6.07) is 8.94. The average molecular weight is 352 g/mol. The molecule has 26 heavy (non-hydrogen) atoms. The number of carbonyl (C=O) groups is 1. The molecule has 1 amide bonds. The largest absolute Gasteiger partial charge is 0.348 e. The number of aromatic nitrogens is 5. The van der Waals surface area contributed by atoms with E-state index in [2.05, 4.69) is 20.5 Å². The molecular formula is C18H20N6O2. The van der Waals surface area contributed by atoms with Crippen molar-refractivity contribution in [1.82, 2.24) is 29.9 Å². The van der Waals surface area contributed by atoms with E-state index in [-0.39, 0.29) is 24.1 Å². The fourth-order valence-corrected chi connectivity index (χ4v) is 2.55. The van der Waals surface area contributed by atoms with Gasteiger partial charge in [-0.3, -0.25) is 9.59 Å². The van der Waals surface area contributed by atoms with Gasteiger partial charge < -0.3 is 5.32 Å². The van der Waals surface area contributed by atoms with Gasteiger partial charge in [0.15, 0.2) is 0 Å². The quantitative estimate of drug-likeness (QED) is 0.747. The third kappa shape index (κ3) is 3.85. The van der Waals surface area contributed by atoms with Crippen LogP contribution < -0.4 is 10.9 Å². The Hall–Kier alpha value is -3.29. The van der Waals surface area contributed by atoms with Crippen LogP contribution in [-0.2, 0) is 11.3 Å². The molecule has 2 heterocycles. The van der Waals surface area contributed by atoms with E-state index in [1.54, 1.807) is 11.0 Å². The summed E-state index contributed by atoms with van der Waals surface area (Å²) in [5.41, 5.74) is 3.09. The number of nitrogens with one attached hydrogen (secondary N) is 1.